The molecule has 5 heteroatoms. The lowest BCUT2D eigenvalue weighted by molar-refractivity contribution is 0.00583. The molecule has 0 radical (unpaired) electrons. The Morgan fingerprint density at radius 1 is 1.33 bits per heavy atom. The van der Waals surface area contributed by atoms with Gasteiger partial charge in [-0.1, -0.05) is 6.42 Å². The first-order valence-electron chi connectivity index (χ1n) is 6.87. The molecule has 1 fully saturated rings. The zero-order chi connectivity index (χ0) is 13.2. The zero-order valence-electron chi connectivity index (χ0n) is 11.6. The summed E-state index contributed by atoms with van der Waals surface area (Å²) in [6.07, 6.45) is 5.56. The van der Waals surface area contributed by atoms with E-state index in [4.69, 9.17) is 9.47 Å². The highest BCUT2D eigenvalue weighted by molar-refractivity contribution is 7.99. The predicted molar refractivity (Wildman–Crippen MR) is 76.3 cm³/mol. The average molecular weight is 277 g/mol. The van der Waals surface area contributed by atoms with E-state index in [-0.39, 0.29) is 0 Å². The van der Waals surface area contributed by atoms with E-state index in [9.17, 15) is 5.11 Å². The van der Waals surface area contributed by atoms with Gasteiger partial charge in [0.25, 0.3) is 0 Å². The number of aliphatic hydroxyl groups excluding tert-OH is 1. The van der Waals surface area contributed by atoms with E-state index in [1.165, 1.54) is 19.3 Å². The van der Waals surface area contributed by atoms with Crippen LogP contribution in [0, 0.1) is 0 Å². The molecule has 3 unspecified atom stereocenters. The minimum Gasteiger partial charge on any atom is -0.389 e. The third-order valence-corrected chi connectivity index (χ3v) is 4.43. The summed E-state index contributed by atoms with van der Waals surface area (Å²) in [5.41, 5.74) is 0. The fourth-order valence-corrected chi connectivity index (χ4v) is 3.23. The van der Waals surface area contributed by atoms with Crippen molar-refractivity contribution in [2.45, 2.75) is 43.6 Å². The summed E-state index contributed by atoms with van der Waals surface area (Å²) >= 11 is 1.93. The molecule has 4 nitrogen and oxygen atoms in total. The molecule has 3 atom stereocenters. The third kappa shape index (κ3) is 6.38. The molecule has 0 heterocycles. The fourth-order valence-electron chi connectivity index (χ4n) is 2.27. The quantitative estimate of drug-likeness (QED) is 0.589. The van der Waals surface area contributed by atoms with Crippen molar-refractivity contribution >= 4 is 11.8 Å². The Morgan fingerprint density at radius 2 is 2.11 bits per heavy atom. The van der Waals surface area contributed by atoms with Gasteiger partial charge in [-0.05, 0) is 26.0 Å². The number of hydrogen-bond acceptors (Lipinski definition) is 5. The number of thioether (sulfide) groups is 1. The van der Waals surface area contributed by atoms with Gasteiger partial charge in [-0.3, -0.25) is 0 Å². The Labute approximate surface area is 115 Å². The molecule has 0 aromatic heterocycles. The maximum absolute atomic E-state index is 9.79. The molecule has 1 aliphatic rings. The van der Waals surface area contributed by atoms with Gasteiger partial charge in [-0.25, -0.2) is 0 Å². The van der Waals surface area contributed by atoms with Crippen LogP contribution in [0.4, 0.5) is 0 Å². The van der Waals surface area contributed by atoms with E-state index in [0.29, 0.717) is 44.3 Å². The van der Waals surface area contributed by atoms with Crippen LogP contribution < -0.4 is 5.32 Å². The second kappa shape index (κ2) is 10.0. The summed E-state index contributed by atoms with van der Waals surface area (Å²) in [5.74, 6) is 0. The smallest absolute Gasteiger partial charge is 0.0897 e. The van der Waals surface area contributed by atoms with Gasteiger partial charge in [0.2, 0.25) is 0 Å². The molecule has 0 bridgehead atoms. The average Bonchev–Trinajstić information content (AvgIpc) is 2.83. The first-order chi connectivity index (χ1) is 8.77. The van der Waals surface area contributed by atoms with Crippen LogP contribution in [0.1, 0.15) is 26.2 Å². The van der Waals surface area contributed by atoms with Crippen molar-refractivity contribution in [1.82, 2.24) is 5.32 Å². The van der Waals surface area contributed by atoms with Gasteiger partial charge in [0, 0.05) is 24.4 Å². The van der Waals surface area contributed by atoms with Gasteiger partial charge < -0.3 is 19.9 Å². The van der Waals surface area contributed by atoms with E-state index >= 15 is 0 Å². The molecule has 0 amide bonds. The van der Waals surface area contributed by atoms with E-state index in [1.54, 1.807) is 0 Å². The maximum Gasteiger partial charge on any atom is 0.0897 e. The third-order valence-electron chi connectivity index (χ3n) is 3.26. The maximum atomic E-state index is 9.79. The normalized spacial score (nSPS) is 25.5. The van der Waals surface area contributed by atoms with Gasteiger partial charge in [0.1, 0.15) is 0 Å². The van der Waals surface area contributed by atoms with Crippen molar-refractivity contribution in [3.05, 3.63) is 0 Å². The summed E-state index contributed by atoms with van der Waals surface area (Å²) < 4.78 is 10.5. The minimum atomic E-state index is -0.422. The van der Waals surface area contributed by atoms with Crippen LogP contribution >= 0.6 is 11.8 Å². The van der Waals surface area contributed by atoms with Crippen molar-refractivity contribution in [1.29, 1.82) is 0 Å². The zero-order valence-corrected chi connectivity index (χ0v) is 12.4. The van der Waals surface area contributed by atoms with E-state index in [0.717, 1.165) is 0 Å². The van der Waals surface area contributed by atoms with Gasteiger partial charge >= 0.3 is 0 Å². The monoisotopic (exact) mass is 277 g/mol. The molecular formula is C13H27NO3S. The van der Waals surface area contributed by atoms with Crippen LogP contribution in [-0.2, 0) is 9.47 Å². The highest BCUT2D eigenvalue weighted by Gasteiger charge is 2.26. The van der Waals surface area contributed by atoms with E-state index < -0.39 is 6.10 Å². The molecule has 18 heavy (non-hydrogen) atoms. The number of aliphatic hydroxyl groups is 1. The van der Waals surface area contributed by atoms with Crippen LogP contribution in [0.15, 0.2) is 0 Å². The fraction of sp³-hybridized carbons (Fsp3) is 1.00. The number of rotatable bonds is 10. The van der Waals surface area contributed by atoms with Crippen molar-refractivity contribution < 1.29 is 14.6 Å². The summed E-state index contributed by atoms with van der Waals surface area (Å²) in [5, 5.41) is 13.9. The lowest BCUT2D eigenvalue weighted by Crippen LogP contribution is -2.40. The second-order valence-electron chi connectivity index (χ2n) is 4.65. The number of nitrogens with one attached hydrogen (secondary N) is 1. The van der Waals surface area contributed by atoms with Crippen LogP contribution in [-0.4, -0.2) is 61.7 Å². The molecule has 0 aliphatic heterocycles. The Bertz CT molecular complexity index is 207. The van der Waals surface area contributed by atoms with Crippen molar-refractivity contribution in [2.75, 3.05) is 39.2 Å². The summed E-state index contributed by atoms with van der Waals surface area (Å²) in [7, 11) is 0. The Balaban J connectivity index is 2.00. The summed E-state index contributed by atoms with van der Waals surface area (Å²) in [4.78, 5) is 0. The first-order valence-corrected chi connectivity index (χ1v) is 8.16. The topological polar surface area (TPSA) is 50.7 Å². The minimum absolute atomic E-state index is 0.386. The molecule has 108 valence electrons. The Hall–Kier alpha value is 0.190. The second-order valence-corrected chi connectivity index (χ2v) is 5.72. The highest BCUT2D eigenvalue weighted by atomic mass is 32.2. The standard InChI is InChI=1S/C13H27NO3S/c1-3-16-7-8-17-10-11(15)9-14-12-5-4-6-13(12)18-2/h11-15H,3-10H2,1-2H3. The largest absolute Gasteiger partial charge is 0.389 e. The molecular weight excluding hydrogens is 250 g/mol. The van der Waals surface area contributed by atoms with E-state index in [2.05, 4.69) is 11.6 Å². The molecule has 2 N–H and O–H groups in total. The summed E-state index contributed by atoms with van der Waals surface area (Å²) in [6, 6.07) is 0.554. The van der Waals surface area contributed by atoms with Crippen LogP contribution in [0.5, 0.6) is 0 Å². The first kappa shape index (κ1) is 16.2. The summed E-state index contributed by atoms with van der Waals surface area (Å²) in [6.45, 7) is 4.84. The van der Waals surface area contributed by atoms with Crippen LogP contribution in [0.25, 0.3) is 0 Å². The van der Waals surface area contributed by atoms with Crippen LogP contribution in [0.2, 0.25) is 0 Å². The lowest BCUT2D eigenvalue weighted by Gasteiger charge is -2.21. The van der Waals surface area contributed by atoms with E-state index in [1.807, 2.05) is 18.7 Å². The van der Waals surface area contributed by atoms with Crippen LogP contribution in [0.3, 0.4) is 0 Å². The number of hydrogen-bond donors (Lipinski definition) is 2. The highest BCUT2D eigenvalue weighted by Crippen LogP contribution is 2.28. The van der Waals surface area contributed by atoms with Crippen molar-refractivity contribution in [3.63, 3.8) is 0 Å². The molecule has 0 aromatic rings. The van der Waals surface area contributed by atoms with Crippen molar-refractivity contribution in [3.8, 4) is 0 Å². The molecule has 0 aromatic carbocycles. The van der Waals surface area contributed by atoms with Gasteiger partial charge in [0.15, 0.2) is 0 Å². The Morgan fingerprint density at radius 3 is 2.83 bits per heavy atom. The SMILES string of the molecule is CCOCCOCC(O)CNC1CCCC1SC. The molecule has 0 spiro atoms. The molecule has 1 rings (SSSR count). The van der Waals surface area contributed by atoms with Gasteiger partial charge in [-0.2, -0.15) is 11.8 Å². The lowest BCUT2D eigenvalue weighted by atomic mass is 10.2. The molecule has 0 saturated heterocycles. The number of ether oxygens (including phenoxy) is 2. The molecule has 1 saturated carbocycles. The van der Waals surface area contributed by atoms with Crippen molar-refractivity contribution in [2.24, 2.45) is 0 Å². The van der Waals surface area contributed by atoms with Gasteiger partial charge in [0.05, 0.1) is 25.9 Å². The van der Waals surface area contributed by atoms with Gasteiger partial charge in [-0.15, -0.1) is 0 Å². The predicted octanol–water partition coefficient (Wildman–Crippen LogP) is 1.27. The molecule has 1 aliphatic carbocycles. The Kier molecular flexibility index (Phi) is 9.06.